The van der Waals surface area contributed by atoms with Crippen LogP contribution >= 0.6 is 0 Å². The largest absolute Gasteiger partial charge is 0.341 e. The van der Waals surface area contributed by atoms with E-state index in [1.54, 1.807) is 19.3 Å². The zero-order valence-electron chi connectivity index (χ0n) is 18.2. The zero-order chi connectivity index (χ0) is 22.0. The Balaban J connectivity index is 1.59. The van der Waals surface area contributed by atoms with E-state index in [-0.39, 0.29) is 17.3 Å². The van der Waals surface area contributed by atoms with Crippen LogP contribution in [0.3, 0.4) is 0 Å². The lowest BCUT2D eigenvalue weighted by molar-refractivity contribution is 0.0906. The predicted molar refractivity (Wildman–Crippen MR) is 120 cm³/mol. The van der Waals surface area contributed by atoms with Gasteiger partial charge in [-0.05, 0) is 30.4 Å². The molecule has 1 fully saturated rings. The molecule has 1 unspecified atom stereocenters. The number of hydrogen-bond donors (Lipinski definition) is 0. The van der Waals surface area contributed by atoms with Crippen LogP contribution in [0.15, 0.2) is 53.7 Å². The molecule has 1 aliphatic heterocycles. The van der Waals surface area contributed by atoms with Crippen molar-refractivity contribution in [2.75, 3.05) is 18.0 Å². The number of aromatic nitrogens is 4. The number of piperidine rings is 1. The van der Waals surface area contributed by atoms with Crippen LogP contribution in [-0.4, -0.2) is 38.4 Å². The molecule has 7 nitrogen and oxygen atoms in total. The summed E-state index contributed by atoms with van der Waals surface area (Å²) in [6.45, 7) is 5.58. The van der Waals surface area contributed by atoms with Gasteiger partial charge in [-0.25, -0.2) is 15.0 Å². The molecule has 0 amide bonds. The average Bonchev–Trinajstić information content (AvgIpc) is 2.81. The number of hydrogen-bond acceptors (Lipinski definition) is 6. The van der Waals surface area contributed by atoms with Crippen LogP contribution in [0, 0.1) is 5.92 Å². The number of nitrogens with zero attached hydrogens (tertiary/aromatic N) is 5. The minimum absolute atomic E-state index is 0.127. The van der Waals surface area contributed by atoms with E-state index < -0.39 is 0 Å². The van der Waals surface area contributed by atoms with Gasteiger partial charge in [-0.2, -0.15) is 0 Å². The lowest BCUT2D eigenvalue weighted by atomic mass is 9.89. The van der Waals surface area contributed by atoms with E-state index in [9.17, 15) is 9.59 Å². The highest BCUT2D eigenvalue weighted by atomic mass is 16.1. The maximum absolute atomic E-state index is 13.2. The number of carbonyl (C=O) groups excluding carboxylic acids is 1. The van der Waals surface area contributed by atoms with Crippen molar-refractivity contribution in [1.29, 1.82) is 0 Å². The average molecular weight is 418 g/mol. The molecule has 1 atom stereocenters. The first kappa shape index (κ1) is 20.9. The fourth-order valence-corrected chi connectivity index (χ4v) is 4.02. The Bertz CT molecular complexity index is 1120. The van der Waals surface area contributed by atoms with Crippen molar-refractivity contribution in [1.82, 2.24) is 19.5 Å². The monoisotopic (exact) mass is 417 g/mol. The number of anilines is 1. The second kappa shape index (κ2) is 8.79. The molecule has 0 aliphatic carbocycles. The summed E-state index contributed by atoms with van der Waals surface area (Å²) < 4.78 is 1.54. The highest BCUT2D eigenvalue weighted by Crippen LogP contribution is 2.26. The molecule has 3 heterocycles. The minimum atomic E-state index is -0.156. The third-order valence-corrected chi connectivity index (χ3v) is 5.89. The summed E-state index contributed by atoms with van der Waals surface area (Å²) in [6.07, 6.45) is 4.77. The van der Waals surface area contributed by atoms with Gasteiger partial charge < -0.3 is 4.90 Å². The van der Waals surface area contributed by atoms with Gasteiger partial charge in [-0.15, -0.1) is 0 Å². The van der Waals surface area contributed by atoms with Crippen LogP contribution in [0.25, 0.3) is 11.4 Å². The van der Waals surface area contributed by atoms with Crippen molar-refractivity contribution in [3.63, 3.8) is 0 Å². The molecule has 0 N–H and O–H groups in total. The van der Waals surface area contributed by atoms with Crippen molar-refractivity contribution in [2.45, 2.75) is 32.6 Å². The van der Waals surface area contributed by atoms with Crippen LogP contribution in [0.5, 0.6) is 0 Å². The third-order valence-electron chi connectivity index (χ3n) is 5.89. The molecule has 0 spiro atoms. The van der Waals surface area contributed by atoms with Crippen molar-refractivity contribution in [2.24, 2.45) is 13.0 Å². The first-order valence-corrected chi connectivity index (χ1v) is 10.7. The lowest BCUT2D eigenvalue weighted by Crippen LogP contribution is -2.42. The normalized spacial score (nSPS) is 16.5. The van der Waals surface area contributed by atoms with Gasteiger partial charge in [0.2, 0.25) is 5.95 Å². The Hall–Kier alpha value is -3.35. The van der Waals surface area contributed by atoms with Crippen LogP contribution in [0.4, 0.5) is 5.95 Å². The van der Waals surface area contributed by atoms with E-state index in [1.165, 1.54) is 22.5 Å². The molecule has 0 saturated carbocycles. The molecule has 1 aromatic carbocycles. The fourth-order valence-electron chi connectivity index (χ4n) is 4.02. The smallest absolute Gasteiger partial charge is 0.255 e. The van der Waals surface area contributed by atoms with E-state index >= 15 is 0 Å². The Morgan fingerprint density at radius 3 is 2.58 bits per heavy atom. The predicted octanol–water partition coefficient (Wildman–Crippen LogP) is 3.46. The summed E-state index contributed by atoms with van der Waals surface area (Å²) >= 11 is 0. The SMILES string of the molecule is CC(C)c1ccc(C(=O)C2CCCN(c3nc(-c4ccncn4)cc(=O)n3C)C2)cc1. The lowest BCUT2D eigenvalue weighted by Gasteiger charge is -2.33. The van der Waals surface area contributed by atoms with Crippen molar-refractivity contribution >= 4 is 11.7 Å². The molecule has 31 heavy (non-hydrogen) atoms. The summed E-state index contributed by atoms with van der Waals surface area (Å²) in [5, 5.41) is 0. The molecule has 4 rings (SSSR count). The number of Topliss-reactive ketones (excluding diaryl/α,β-unsaturated/α-hetero) is 1. The summed E-state index contributed by atoms with van der Waals surface area (Å²) in [5.41, 5.74) is 2.92. The Labute approximate surface area is 181 Å². The molecular weight excluding hydrogens is 390 g/mol. The van der Waals surface area contributed by atoms with E-state index in [1.807, 2.05) is 29.2 Å². The van der Waals surface area contributed by atoms with Crippen LogP contribution < -0.4 is 10.5 Å². The second-order valence-corrected chi connectivity index (χ2v) is 8.36. The van der Waals surface area contributed by atoms with Crippen LogP contribution in [0.2, 0.25) is 0 Å². The van der Waals surface area contributed by atoms with Gasteiger partial charge in [0, 0.05) is 43.9 Å². The number of rotatable bonds is 5. The number of ketones is 1. The zero-order valence-corrected chi connectivity index (χ0v) is 18.2. The summed E-state index contributed by atoms with van der Waals surface area (Å²) in [4.78, 5) is 40.6. The van der Waals surface area contributed by atoms with Gasteiger partial charge in [0.15, 0.2) is 5.78 Å². The third kappa shape index (κ3) is 4.40. The molecule has 160 valence electrons. The maximum Gasteiger partial charge on any atom is 0.255 e. The first-order valence-electron chi connectivity index (χ1n) is 10.7. The topological polar surface area (TPSA) is 81.0 Å². The summed E-state index contributed by atoms with van der Waals surface area (Å²) in [5.74, 6) is 1.02. The molecule has 1 aliphatic rings. The molecule has 7 heteroatoms. The standard InChI is InChI=1S/C24H27N5O2/c1-16(2)17-6-8-18(9-7-17)23(31)19-5-4-12-29(14-19)24-27-21(13-22(30)28(24)3)20-10-11-25-15-26-20/h6-11,13,15-16,19H,4-5,12,14H2,1-3H3. The maximum atomic E-state index is 13.2. The summed E-state index contributed by atoms with van der Waals surface area (Å²) in [7, 11) is 1.71. The van der Waals surface area contributed by atoms with Crippen LogP contribution in [0.1, 0.15) is 48.5 Å². The van der Waals surface area contributed by atoms with Crippen molar-refractivity contribution in [3.05, 3.63) is 70.4 Å². The fraction of sp³-hybridized carbons (Fsp3) is 0.375. The highest BCUT2D eigenvalue weighted by molar-refractivity contribution is 5.98. The van der Waals surface area contributed by atoms with Gasteiger partial charge in [-0.1, -0.05) is 38.1 Å². The van der Waals surface area contributed by atoms with E-state index in [4.69, 9.17) is 4.98 Å². The number of benzene rings is 1. The van der Waals surface area contributed by atoms with E-state index in [0.717, 1.165) is 24.9 Å². The van der Waals surface area contributed by atoms with Gasteiger partial charge in [0.25, 0.3) is 5.56 Å². The Morgan fingerprint density at radius 1 is 1.13 bits per heavy atom. The highest BCUT2D eigenvalue weighted by Gasteiger charge is 2.28. The van der Waals surface area contributed by atoms with Gasteiger partial charge >= 0.3 is 0 Å². The molecule has 0 radical (unpaired) electrons. The minimum Gasteiger partial charge on any atom is -0.341 e. The Kier molecular flexibility index (Phi) is 5.93. The van der Waals surface area contributed by atoms with Crippen molar-refractivity contribution in [3.8, 4) is 11.4 Å². The molecule has 0 bridgehead atoms. The van der Waals surface area contributed by atoms with E-state index in [0.29, 0.717) is 29.8 Å². The van der Waals surface area contributed by atoms with Gasteiger partial charge in [0.1, 0.15) is 6.33 Å². The molecule has 1 saturated heterocycles. The van der Waals surface area contributed by atoms with Crippen molar-refractivity contribution < 1.29 is 4.79 Å². The molecule has 3 aromatic rings. The summed E-state index contributed by atoms with van der Waals surface area (Å²) in [6, 6.07) is 11.1. The first-order chi connectivity index (χ1) is 14.9. The Morgan fingerprint density at radius 2 is 1.90 bits per heavy atom. The molecular formula is C24H27N5O2. The number of carbonyl (C=O) groups is 1. The van der Waals surface area contributed by atoms with Crippen LogP contribution in [-0.2, 0) is 7.05 Å². The van der Waals surface area contributed by atoms with E-state index in [2.05, 4.69) is 23.8 Å². The van der Waals surface area contributed by atoms with Gasteiger partial charge in [-0.3, -0.25) is 14.2 Å². The molecule has 2 aromatic heterocycles. The second-order valence-electron chi connectivity index (χ2n) is 8.36. The van der Waals surface area contributed by atoms with Gasteiger partial charge in [0.05, 0.1) is 11.4 Å². The quantitative estimate of drug-likeness (QED) is 0.592.